The van der Waals surface area contributed by atoms with E-state index in [4.69, 9.17) is 9.57 Å². The zero-order valence-electron chi connectivity index (χ0n) is 12.5. The van der Waals surface area contributed by atoms with E-state index in [2.05, 4.69) is 17.1 Å². The Hall–Kier alpha value is -0.980. The highest BCUT2D eigenvalue weighted by molar-refractivity contribution is 5.87. The highest BCUT2D eigenvalue weighted by Crippen LogP contribution is 2.16. The van der Waals surface area contributed by atoms with E-state index in [1.807, 2.05) is 11.8 Å². The lowest BCUT2D eigenvalue weighted by Crippen LogP contribution is -2.41. The molecular formula is C14H25N3O3. The monoisotopic (exact) mass is 283 g/mol. The summed E-state index contributed by atoms with van der Waals surface area (Å²) in [5, 5.41) is 4.03. The van der Waals surface area contributed by atoms with E-state index in [-0.39, 0.29) is 5.97 Å². The van der Waals surface area contributed by atoms with Crippen molar-refractivity contribution in [3.8, 4) is 0 Å². The average molecular weight is 283 g/mol. The fourth-order valence-corrected chi connectivity index (χ4v) is 2.76. The molecule has 0 aromatic heterocycles. The Balaban J connectivity index is 1.76. The maximum atomic E-state index is 11.8. The SMILES string of the molecule is C/C(=N\OC(=O)CN1CCOCC1)[C@@H]1CCCCN1C. The number of hydrogen-bond acceptors (Lipinski definition) is 6. The van der Waals surface area contributed by atoms with Gasteiger partial charge in [-0.3, -0.25) is 9.80 Å². The second-order valence-corrected chi connectivity index (χ2v) is 5.58. The molecule has 2 heterocycles. The van der Waals surface area contributed by atoms with Crippen molar-refractivity contribution in [3.05, 3.63) is 0 Å². The fraction of sp³-hybridized carbons (Fsp3) is 0.857. The molecular weight excluding hydrogens is 258 g/mol. The number of nitrogens with zero attached hydrogens (tertiary/aromatic N) is 3. The first kappa shape index (κ1) is 15.4. The van der Waals surface area contributed by atoms with Gasteiger partial charge < -0.3 is 9.57 Å². The number of carbonyl (C=O) groups is 1. The first-order valence-corrected chi connectivity index (χ1v) is 7.41. The van der Waals surface area contributed by atoms with E-state index in [9.17, 15) is 4.79 Å². The second kappa shape index (κ2) is 7.71. The first-order chi connectivity index (χ1) is 9.66. The zero-order chi connectivity index (χ0) is 14.4. The summed E-state index contributed by atoms with van der Waals surface area (Å²) < 4.78 is 5.24. The van der Waals surface area contributed by atoms with E-state index in [0.29, 0.717) is 25.8 Å². The smallest absolute Gasteiger partial charge is 0.348 e. The van der Waals surface area contributed by atoms with Crippen molar-refractivity contribution in [1.29, 1.82) is 0 Å². The molecule has 2 rings (SSSR count). The van der Waals surface area contributed by atoms with Crippen LogP contribution >= 0.6 is 0 Å². The van der Waals surface area contributed by atoms with Crippen LogP contribution in [0, 0.1) is 0 Å². The molecule has 6 heteroatoms. The lowest BCUT2D eigenvalue weighted by Gasteiger charge is -2.31. The van der Waals surface area contributed by atoms with Gasteiger partial charge in [-0.15, -0.1) is 0 Å². The van der Waals surface area contributed by atoms with Crippen LogP contribution in [0.5, 0.6) is 0 Å². The Bertz CT molecular complexity index is 354. The Kier molecular flexibility index (Phi) is 5.94. The summed E-state index contributed by atoms with van der Waals surface area (Å²) in [5.41, 5.74) is 0.891. The van der Waals surface area contributed by atoms with E-state index in [1.54, 1.807) is 0 Å². The average Bonchev–Trinajstić information content (AvgIpc) is 2.46. The van der Waals surface area contributed by atoms with Crippen LogP contribution in [0.25, 0.3) is 0 Å². The van der Waals surface area contributed by atoms with Gasteiger partial charge >= 0.3 is 5.97 Å². The topological polar surface area (TPSA) is 54.4 Å². The van der Waals surface area contributed by atoms with Crippen LogP contribution in [-0.2, 0) is 14.4 Å². The van der Waals surface area contributed by atoms with Crippen molar-refractivity contribution in [2.75, 3.05) is 46.4 Å². The van der Waals surface area contributed by atoms with Gasteiger partial charge in [0.1, 0.15) is 0 Å². The molecule has 20 heavy (non-hydrogen) atoms. The van der Waals surface area contributed by atoms with Gasteiger partial charge in [-0.2, -0.15) is 0 Å². The predicted molar refractivity (Wildman–Crippen MR) is 76.7 cm³/mol. The maximum Gasteiger partial charge on any atom is 0.348 e. The number of likely N-dealkylation sites (tertiary alicyclic amines) is 1. The molecule has 0 aromatic rings. The van der Waals surface area contributed by atoms with Gasteiger partial charge in [-0.1, -0.05) is 11.6 Å². The van der Waals surface area contributed by atoms with E-state index in [1.165, 1.54) is 12.8 Å². The maximum absolute atomic E-state index is 11.8. The van der Waals surface area contributed by atoms with E-state index >= 15 is 0 Å². The van der Waals surface area contributed by atoms with Gasteiger partial charge in [0.15, 0.2) is 0 Å². The first-order valence-electron chi connectivity index (χ1n) is 7.41. The minimum absolute atomic E-state index is 0.287. The lowest BCUT2D eigenvalue weighted by atomic mass is 10.00. The van der Waals surface area contributed by atoms with Crippen molar-refractivity contribution in [1.82, 2.24) is 9.80 Å². The number of piperidine rings is 1. The fourth-order valence-electron chi connectivity index (χ4n) is 2.76. The summed E-state index contributed by atoms with van der Waals surface area (Å²) in [7, 11) is 2.10. The molecule has 6 nitrogen and oxygen atoms in total. The Morgan fingerprint density at radius 2 is 2.05 bits per heavy atom. The third-order valence-electron chi connectivity index (χ3n) is 4.00. The van der Waals surface area contributed by atoms with Crippen molar-refractivity contribution in [2.24, 2.45) is 5.16 Å². The van der Waals surface area contributed by atoms with Crippen LogP contribution in [0.2, 0.25) is 0 Å². The number of morpholine rings is 1. The zero-order valence-corrected chi connectivity index (χ0v) is 12.5. The molecule has 0 aromatic carbocycles. The summed E-state index contributed by atoms with van der Waals surface area (Å²) in [6, 6.07) is 0.305. The molecule has 0 radical (unpaired) electrons. The largest absolute Gasteiger partial charge is 0.379 e. The van der Waals surface area contributed by atoms with E-state index < -0.39 is 0 Å². The summed E-state index contributed by atoms with van der Waals surface area (Å²) in [4.78, 5) is 21.1. The van der Waals surface area contributed by atoms with Gasteiger partial charge in [-0.05, 0) is 33.4 Å². The summed E-state index contributed by atoms with van der Waals surface area (Å²) in [6.07, 6.45) is 3.54. The minimum Gasteiger partial charge on any atom is -0.379 e. The molecule has 2 aliphatic rings. The van der Waals surface area contributed by atoms with Crippen LogP contribution in [-0.4, -0.2) is 74.0 Å². The standard InChI is InChI=1S/C14H25N3O3/c1-12(13-5-3-4-6-16(13)2)15-20-14(18)11-17-7-9-19-10-8-17/h13H,3-11H2,1-2H3/b15-12+/t13-/m0/s1. The highest BCUT2D eigenvalue weighted by Gasteiger charge is 2.22. The molecule has 0 spiro atoms. The molecule has 1 atom stereocenters. The van der Waals surface area contributed by atoms with Crippen LogP contribution in [0.15, 0.2) is 5.16 Å². The van der Waals surface area contributed by atoms with Crippen molar-refractivity contribution < 1.29 is 14.4 Å². The van der Waals surface area contributed by atoms with Crippen LogP contribution in [0.3, 0.4) is 0 Å². The predicted octanol–water partition coefficient (Wildman–Crippen LogP) is 0.722. The minimum atomic E-state index is -0.287. The van der Waals surface area contributed by atoms with Crippen LogP contribution in [0.4, 0.5) is 0 Å². The van der Waals surface area contributed by atoms with Crippen molar-refractivity contribution >= 4 is 11.7 Å². The quantitative estimate of drug-likeness (QED) is 0.432. The normalized spacial score (nSPS) is 26.5. The Morgan fingerprint density at radius 1 is 1.30 bits per heavy atom. The molecule has 114 valence electrons. The third kappa shape index (κ3) is 4.54. The van der Waals surface area contributed by atoms with Gasteiger partial charge in [0.25, 0.3) is 0 Å². The number of oxime groups is 1. The number of carbonyl (C=O) groups excluding carboxylic acids is 1. The molecule has 2 fully saturated rings. The number of hydrogen-bond donors (Lipinski definition) is 0. The highest BCUT2D eigenvalue weighted by atomic mass is 16.7. The Labute approximate surface area is 120 Å². The lowest BCUT2D eigenvalue weighted by molar-refractivity contribution is -0.146. The molecule has 0 saturated carbocycles. The Morgan fingerprint density at radius 3 is 2.75 bits per heavy atom. The van der Waals surface area contributed by atoms with E-state index in [0.717, 1.165) is 31.8 Å². The molecule has 2 saturated heterocycles. The summed E-state index contributed by atoms with van der Waals surface area (Å²) in [6.45, 7) is 6.24. The van der Waals surface area contributed by atoms with Crippen LogP contribution < -0.4 is 0 Å². The molecule has 0 amide bonds. The van der Waals surface area contributed by atoms with Crippen LogP contribution in [0.1, 0.15) is 26.2 Å². The molecule has 0 bridgehead atoms. The van der Waals surface area contributed by atoms with Gasteiger partial charge in [0.2, 0.25) is 0 Å². The summed E-state index contributed by atoms with van der Waals surface area (Å²) in [5.74, 6) is -0.287. The van der Waals surface area contributed by atoms with Crippen molar-refractivity contribution in [3.63, 3.8) is 0 Å². The van der Waals surface area contributed by atoms with Crippen molar-refractivity contribution in [2.45, 2.75) is 32.2 Å². The van der Waals surface area contributed by atoms with Gasteiger partial charge in [0.05, 0.1) is 31.5 Å². The van der Waals surface area contributed by atoms with Gasteiger partial charge in [0, 0.05) is 13.1 Å². The van der Waals surface area contributed by atoms with Gasteiger partial charge in [-0.25, -0.2) is 4.79 Å². The molecule has 0 aliphatic carbocycles. The second-order valence-electron chi connectivity index (χ2n) is 5.58. The number of ether oxygens (including phenoxy) is 1. The molecule has 0 N–H and O–H groups in total. The summed E-state index contributed by atoms with van der Waals surface area (Å²) >= 11 is 0. The third-order valence-corrected chi connectivity index (χ3v) is 4.00. The molecule has 0 unspecified atom stereocenters. The number of rotatable bonds is 4. The molecule has 2 aliphatic heterocycles.